The summed E-state index contributed by atoms with van der Waals surface area (Å²) in [6.45, 7) is 5.70. The molecule has 144 valence electrons. The molecule has 0 bridgehead atoms. The first kappa shape index (κ1) is 18.8. The van der Waals surface area contributed by atoms with Crippen molar-refractivity contribution in [1.82, 2.24) is 20.3 Å². The Morgan fingerprint density at radius 1 is 1.38 bits per heavy atom. The van der Waals surface area contributed by atoms with Crippen molar-refractivity contribution in [3.63, 3.8) is 0 Å². The van der Waals surface area contributed by atoms with Gasteiger partial charge in [0, 0.05) is 19.3 Å². The van der Waals surface area contributed by atoms with Gasteiger partial charge >= 0.3 is 0 Å². The van der Waals surface area contributed by atoms with Gasteiger partial charge in [-0.05, 0) is 33.6 Å². The first-order valence-electron chi connectivity index (χ1n) is 8.24. The molecule has 1 saturated heterocycles. The van der Waals surface area contributed by atoms with E-state index in [1.807, 2.05) is 0 Å². The van der Waals surface area contributed by atoms with Gasteiger partial charge in [0.1, 0.15) is 10.5 Å². The van der Waals surface area contributed by atoms with Gasteiger partial charge < -0.3 is 9.26 Å². The number of aromatic amines is 1. The molecule has 3 heterocycles. The van der Waals surface area contributed by atoms with Crippen LogP contribution in [0.1, 0.15) is 32.4 Å². The summed E-state index contributed by atoms with van der Waals surface area (Å²) in [6, 6.07) is 1.68. The van der Waals surface area contributed by atoms with Gasteiger partial charge in [0.05, 0.1) is 5.25 Å². The van der Waals surface area contributed by atoms with Crippen molar-refractivity contribution >= 4 is 22.4 Å². The Morgan fingerprint density at radius 3 is 2.69 bits per heavy atom. The van der Waals surface area contributed by atoms with E-state index in [1.165, 1.54) is 13.8 Å². The average molecular weight is 385 g/mol. The number of hydrogen-bond acceptors (Lipinski definition) is 8. The highest BCUT2D eigenvalue weighted by molar-refractivity contribution is 8.26. The minimum Gasteiger partial charge on any atom is -0.381 e. The van der Waals surface area contributed by atoms with Crippen molar-refractivity contribution < 1.29 is 23.2 Å². The lowest BCUT2D eigenvalue weighted by molar-refractivity contribution is -0.118. The average Bonchev–Trinajstić information content (AvgIpc) is 3.24. The molecule has 3 rings (SSSR count). The fourth-order valence-electron chi connectivity index (χ4n) is 2.72. The zero-order chi connectivity index (χ0) is 18.9. The molecular weight excluding hydrogens is 362 g/mol. The van der Waals surface area contributed by atoms with Crippen LogP contribution in [0.3, 0.4) is 0 Å². The number of nitrogens with one attached hydrogen (secondary N) is 2. The Labute approximate surface area is 152 Å². The lowest BCUT2D eigenvalue weighted by Gasteiger charge is -2.51. The van der Waals surface area contributed by atoms with Crippen molar-refractivity contribution in [2.75, 3.05) is 18.5 Å². The molecule has 1 amide bonds. The van der Waals surface area contributed by atoms with Gasteiger partial charge in [0.15, 0.2) is 11.5 Å². The van der Waals surface area contributed by atoms with Crippen LogP contribution >= 0.6 is 10.6 Å². The standard InChI is InChI=1S/C15H23N5O5S/c1-9-8-11(20-25-9)12-16-14(19-18-12)17-13(21)15(2,3)26(22,23)10-4-6-24-7-5-10/h8,10,22-23H,4-7H2,1-3H3,(H2,16,17,18,19,21). The zero-order valence-electron chi connectivity index (χ0n) is 14.9. The van der Waals surface area contributed by atoms with Crippen LogP contribution in [-0.2, 0) is 9.53 Å². The number of amides is 1. The van der Waals surface area contributed by atoms with E-state index in [2.05, 4.69) is 25.7 Å². The summed E-state index contributed by atoms with van der Waals surface area (Å²) >= 11 is 0. The number of H-pyrrole nitrogens is 1. The molecule has 11 heteroatoms. The normalized spacial score (nSPS) is 17.3. The molecule has 4 N–H and O–H groups in total. The number of rotatable bonds is 5. The Kier molecular flexibility index (Phi) is 5.06. The molecule has 10 nitrogen and oxygen atoms in total. The monoisotopic (exact) mass is 385 g/mol. The maximum absolute atomic E-state index is 12.7. The predicted octanol–water partition coefficient (Wildman–Crippen LogP) is 2.41. The maximum atomic E-state index is 12.7. The Morgan fingerprint density at radius 2 is 2.08 bits per heavy atom. The van der Waals surface area contributed by atoms with E-state index in [0.29, 0.717) is 43.3 Å². The number of aryl methyl sites for hydroxylation is 1. The van der Waals surface area contributed by atoms with Crippen LogP contribution in [0.4, 0.5) is 5.95 Å². The number of anilines is 1. The second kappa shape index (κ2) is 6.99. The van der Waals surface area contributed by atoms with Gasteiger partial charge in [-0.3, -0.25) is 24.3 Å². The summed E-state index contributed by atoms with van der Waals surface area (Å²) in [5, 5.41) is 12.6. The molecule has 0 radical (unpaired) electrons. The predicted molar refractivity (Wildman–Crippen MR) is 96.0 cm³/mol. The Hall–Kier alpha value is -1.95. The largest absolute Gasteiger partial charge is 0.381 e. The summed E-state index contributed by atoms with van der Waals surface area (Å²) in [5.41, 5.74) is 0.459. The van der Waals surface area contributed by atoms with Crippen LogP contribution in [0.5, 0.6) is 0 Å². The number of hydrogen-bond donors (Lipinski definition) is 4. The van der Waals surface area contributed by atoms with Gasteiger partial charge in [-0.2, -0.15) is 15.6 Å². The highest BCUT2D eigenvalue weighted by Crippen LogP contribution is 2.58. The van der Waals surface area contributed by atoms with Gasteiger partial charge in [-0.15, -0.1) is 5.10 Å². The molecule has 2 aromatic heterocycles. The summed E-state index contributed by atoms with van der Waals surface area (Å²) < 4.78 is 30.3. The summed E-state index contributed by atoms with van der Waals surface area (Å²) in [5.74, 6) is 0.422. The van der Waals surface area contributed by atoms with E-state index in [0.717, 1.165) is 0 Å². The number of carbonyl (C=O) groups is 1. The number of ether oxygens (including phenoxy) is 1. The molecule has 2 aromatic rings. The molecule has 0 saturated carbocycles. The first-order valence-corrected chi connectivity index (χ1v) is 9.84. The van der Waals surface area contributed by atoms with Crippen LogP contribution in [0.25, 0.3) is 11.5 Å². The second-order valence-corrected chi connectivity index (χ2v) is 9.57. The van der Waals surface area contributed by atoms with E-state index in [-0.39, 0.29) is 11.2 Å². The highest BCUT2D eigenvalue weighted by atomic mass is 32.3. The van der Waals surface area contributed by atoms with E-state index in [9.17, 15) is 13.9 Å². The fraction of sp³-hybridized carbons (Fsp3) is 0.600. The van der Waals surface area contributed by atoms with E-state index < -0.39 is 21.2 Å². The number of nitrogens with zero attached hydrogens (tertiary/aromatic N) is 3. The van der Waals surface area contributed by atoms with E-state index in [1.54, 1.807) is 13.0 Å². The minimum absolute atomic E-state index is 0.0286. The summed E-state index contributed by atoms with van der Waals surface area (Å²) in [7, 11) is -3.21. The summed E-state index contributed by atoms with van der Waals surface area (Å²) in [4.78, 5) is 16.9. The SMILES string of the molecule is Cc1cc(-c2nc(NC(=O)C(C)(C)S(O)(O)C3CCOCC3)n[nH]2)no1. The quantitative estimate of drug-likeness (QED) is 0.613. The molecule has 26 heavy (non-hydrogen) atoms. The van der Waals surface area contributed by atoms with Gasteiger partial charge in [-0.25, -0.2) is 0 Å². The van der Waals surface area contributed by atoms with Gasteiger partial charge in [0.2, 0.25) is 5.95 Å². The van der Waals surface area contributed by atoms with Crippen LogP contribution in [0.2, 0.25) is 0 Å². The van der Waals surface area contributed by atoms with E-state index >= 15 is 0 Å². The van der Waals surface area contributed by atoms with Crippen LogP contribution in [0, 0.1) is 6.92 Å². The third kappa shape index (κ3) is 3.47. The lowest BCUT2D eigenvalue weighted by atomic mass is 10.2. The highest BCUT2D eigenvalue weighted by Gasteiger charge is 2.46. The molecule has 0 unspecified atom stereocenters. The van der Waals surface area contributed by atoms with Crippen LogP contribution in [0.15, 0.2) is 10.6 Å². The number of aromatic nitrogens is 4. The lowest BCUT2D eigenvalue weighted by Crippen LogP contribution is -2.46. The second-order valence-electron chi connectivity index (χ2n) is 6.70. The molecule has 0 aromatic carbocycles. The Bertz CT molecular complexity index is 781. The zero-order valence-corrected chi connectivity index (χ0v) is 15.7. The fourth-order valence-corrected chi connectivity index (χ4v) is 4.73. The molecule has 0 atom stereocenters. The van der Waals surface area contributed by atoms with Crippen molar-refractivity contribution in [2.24, 2.45) is 0 Å². The topological polar surface area (TPSA) is 146 Å². The van der Waals surface area contributed by atoms with Crippen LogP contribution in [-0.4, -0.2) is 58.6 Å². The number of carbonyl (C=O) groups excluding carboxylic acids is 1. The third-order valence-electron chi connectivity index (χ3n) is 4.51. The molecule has 0 spiro atoms. The smallest absolute Gasteiger partial charge is 0.251 e. The van der Waals surface area contributed by atoms with Crippen LogP contribution < -0.4 is 5.32 Å². The van der Waals surface area contributed by atoms with Crippen molar-refractivity contribution in [2.45, 2.75) is 43.6 Å². The molecule has 1 fully saturated rings. The van der Waals surface area contributed by atoms with Gasteiger partial charge in [-0.1, -0.05) is 5.16 Å². The van der Waals surface area contributed by atoms with Crippen molar-refractivity contribution in [1.29, 1.82) is 0 Å². The molecule has 1 aliphatic rings. The van der Waals surface area contributed by atoms with E-state index in [4.69, 9.17) is 9.26 Å². The Balaban J connectivity index is 1.73. The van der Waals surface area contributed by atoms with Crippen molar-refractivity contribution in [3.05, 3.63) is 11.8 Å². The molecular formula is C15H23N5O5S. The van der Waals surface area contributed by atoms with Gasteiger partial charge in [0.25, 0.3) is 5.91 Å². The first-order chi connectivity index (χ1) is 12.2. The molecule has 1 aliphatic heterocycles. The minimum atomic E-state index is -3.21. The summed E-state index contributed by atoms with van der Waals surface area (Å²) in [6.07, 6.45) is 1.02. The molecule has 0 aliphatic carbocycles. The maximum Gasteiger partial charge on any atom is 0.251 e. The third-order valence-corrected chi connectivity index (χ3v) is 7.60. The van der Waals surface area contributed by atoms with Crippen molar-refractivity contribution in [3.8, 4) is 11.5 Å².